The Morgan fingerprint density at radius 1 is 0.968 bits per heavy atom. The normalized spacial score (nSPS) is 26.7. The van der Waals surface area contributed by atoms with E-state index in [9.17, 15) is 27.6 Å². The third-order valence-corrected chi connectivity index (χ3v) is 6.31. The average Bonchev–Trinajstić information content (AvgIpc) is 3.20. The Morgan fingerprint density at radius 3 is 2.39 bits per heavy atom. The molecule has 0 aliphatic carbocycles. The van der Waals surface area contributed by atoms with E-state index in [1.807, 2.05) is 30.3 Å². The molecule has 3 heterocycles. The lowest BCUT2D eigenvalue weighted by Crippen LogP contribution is -2.43. The van der Waals surface area contributed by atoms with Crippen molar-refractivity contribution in [2.75, 3.05) is 4.90 Å². The molecule has 5 nitrogen and oxygen atoms in total. The van der Waals surface area contributed by atoms with Gasteiger partial charge in [-0.15, -0.1) is 0 Å². The van der Waals surface area contributed by atoms with Gasteiger partial charge in [0.15, 0.2) is 5.78 Å². The van der Waals surface area contributed by atoms with E-state index < -0.39 is 47.5 Å². The van der Waals surface area contributed by atoms with Crippen molar-refractivity contribution in [1.29, 1.82) is 0 Å². The Balaban J connectivity index is 1.62. The van der Waals surface area contributed by atoms with Gasteiger partial charge in [-0.2, -0.15) is 13.2 Å². The predicted molar refractivity (Wildman–Crippen MR) is 105 cm³/mol. The van der Waals surface area contributed by atoms with Crippen LogP contribution >= 0.6 is 0 Å². The van der Waals surface area contributed by atoms with E-state index in [1.54, 1.807) is 11.1 Å². The number of carbonyl (C=O) groups is 3. The van der Waals surface area contributed by atoms with Gasteiger partial charge in [0, 0.05) is 6.20 Å². The van der Waals surface area contributed by atoms with Crippen LogP contribution in [0.25, 0.3) is 6.08 Å². The van der Waals surface area contributed by atoms with Crippen molar-refractivity contribution in [2.24, 2.45) is 11.8 Å². The van der Waals surface area contributed by atoms with Crippen LogP contribution in [0.5, 0.6) is 0 Å². The summed E-state index contributed by atoms with van der Waals surface area (Å²) in [6.07, 6.45) is -1.04. The number of rotatable bonds is 2. The van der Waals surface area contributed by atoms with E-state index in [1.165, 1.54) is 19.1 Å². The topological polar surface area (TPSA) is 57.7 Å². The van der Waals surface area contributed by atoms with Crippen molar-refractivity contribution in [3.63, 3.8) is 0 Å². The first-order valence-electron chi connectivity index (χ1n) is 9.80. The molecule has 2 aromatic rings. The Labute approximate surface area is 175 Å². The fourth-order valence-corrected chi connectivity index (χ4v) is 5.10. The van der Waals surface area contributed by atoms with Gasteiger partial charge in [-0.25, -0.2) is 4.90 Å². The van der Waals surface area contributed by atoms with Crippen LogP contribution in [0.15, 0.2) is 54.7 Å². The molecule has 0 N–H and O–H groups in total. The summed E-state index contributed by atoms with van der Waals surface area (Å²) in [6.45, 7) is 1.36. The number of benzene rings is 2. The number of halogens is 3. The summed E-state index contributed by atoms with van der Waals surface area (Å²) in [5, 5.41) is 0. The number of hydrogen-bond acceptors (Lipinski definition) is 4. The lowest BCUT2D eigenvalue weighted by molar-refractivity contribution is -0.137. The van der Waals surface area contributed by atoms with Gasteiger partial charge in [-0.3, -0.25) is 14.4 Å². The standard InChI is InChI=1S/C23H17F3N2O3/c1-12(29)19-17-18(20-16-8-3-2-5-13(16)9-10-27(19)20)22(31)28(21(17)30)15-7-4-6-14(11-15)23(24,25)26/h2-11,17-20H,1H3/t17-,18+,19-,20+/m1/s1. The number of anilines is 1. The summed E-state index contributed by atoms with van der Waals surface area (Å²) in [7, 11) is 0. The number of hydrogen-bond donors (Lipinski definition) is 0. The number of alkyl halides is 3. The molecule has 5 rings (SSSR count). The van der Waals surface area contributed by atoms with Gasteiger partial charge >= 0.3 is 6.18 Å². The summed E-state index contributed by atoms with van der Waals surface area (Å²) >= 11 is 0. The molecule has 2 fully saturated rings. The minimum Gasteiger partial charge on any atom is -0.359 e. The van der Waals surface area contributed by atoms with E-state index >= 15 is 0 Å². The van der Waals surface area contributed by atoms with Crippen LogP contribution in [0.4, 0.5) is 18.9 Å². The van der Waals surface area contributed by atoms with E-state index in [0.29, 0.717) is 0 Å². The molecular formula is C23H17F3N2O3. The van der Waals surface area contributed by atoms with Gasteiger partial charge in [0.2, 0.25) is 11.8 Å². The molecule has 2 aromatic carbocycles. The van der Waals surface area contributed by atoms with Crippen molar-refractivity contribution in [2.45, 2.75) is 25.2 Å². The number of nitrogens with zero attached hydrogens (tertiary/aromatic N) is 2. The summed E-state index contributed by atoms with van der Waals surface area (Å²) in [6, 6.07) is 10.2. The summed E-state index contributed by atoms with van der Waals surface area (Å²) in [4.78, 5) is 41.9. The highest BCUT2D eigenvalue weighted by molar-refractivity contribution is 6.24. The highest BCUT2D eigenvalue weighted by Gasteiger charge is 2.64. The largest absolute Gasteiger partial charge is 0.416 e. The number of fused-ring (bicyclic) bond motifs is 5. The Morgan fingerprint density at radius 2 is 1.68 bits per heavy atom. The second-order valence-corrected chi connectivity index (χ2v) is 8.00. The van der Waals surface area contributed by atoms with Crippen LogP contribution in [0.1, 0.15) is 29.7 Å². The van der Waals surface area contributed by atoms with Crippen LogP contribution < -0.4 is 4.90 Å². The predicted octanol–water partition coefficient (Wildman–Crippen LogP) is 3.81. The maximum absolute atomic E-state index is 13.5. The van der Waals surface area contributed by atoms with Crippen LogP contribution in [-0.2, 0) is 20.6 Å². The quantitative estimate of drug-likeness (QED) is 0.686. The van der Waals surface area contributed by atoms with Crippen molar-refractivity contribution < 1.29 is 27.6 Å². The molecular weight excluding hydrogens is 409 g/mol. The molecule has 8 heteroatoms. The molecule has 3 aliphatic rings. The first kappa shape index (κ1) is 19.5. The van der Waals surface area contributed by atoms with Crippen LogP contribution in [-0.4, -0.2) is 28.5 Å². The van der Waals surface area contributed by atoms with E-state index in [4.69, 9.17) is 0 Å². The Bertz CT molecular complexity index is 1160. The monoisotopic (exact) mass is 426 g/mol. The molecule has 0 radical (unpaired) electrons. The molecule has 0 spiro atoms. The smallest absolute Gasteiger partial charge is 0.359 e. The average molecular weight is 426 g/mol. The maximum Gasteiger partial charge on any atom is 0.416 e. The molecule has 0 unspecified atom stereocenters. The van der Waals surface area contributed by atoms with Gasteiger partial charge in [0.1, 0.15) is 0 Å². The third kappa shape index (κ3) is 2.74. The first-order valence-corrected chi connectivity index (χ1v) is 9.80. The second kappa shape index (κ2) is 6.54. The molecule has 0 bridgehead atoms. The van der Waals surface area contributed by atoms with Gasteiger partial charge in [-0.05, 0) is 42.3 Å². The van der Waals surface area contributed by atoms with Gasteiger partial charge in [-0.1, -0.05) is 30.3 Å². The number of ketones is 1. The van der Waals surface area contributed by atoms with Crippen molar-refractivity contribution in [1.82, 2.24) is 4.90 Å². The van der Waals surface area contributed by atoms with Crippen LogP contribution in [0.3, 0.4) is 0 Å². The molecule has 0 aromatic heterocycles. The van der Waals surface area contributed by atoms with Gasteiger partial charge in [0.05, 0.1) is 35.2 Å². The van der Waals surface area contributed by atoms with Crippen LogP contribution in [0.2, 0.25) is 0 Å². The highest BCUT2D eigenvalue weighted by Crippen LogP contribution is 2.53. The third-order valence-electron chi connectivity index (χ3n) is 6.31. The fraction of sp³-hybridized carbons (Fsp3) is 0.261. The van der Waals surface area contributed by atoms with Gasteiger partial charge in [0.25, 0.3) is 0 Å². The zero-order chi connectivity index (χ0) is 22.1. The Kier molecular flexibility index (Phi) is 4.12. The van der Waals surface area contributed by atoms with Crippen LogP contribution in [0, 0.1) is 11.8 Å². The van der Waals surface area contributed by atoms with Crippen molar-refractivity contribution >= 4 is 29.4 Å². The SMILES string of the molecule is CC(=O)[C@@H]1[C@@H]2C(=O)N(c3cccc(C(F)(F)F)c3)C(=O)[C@@H]2[C@@H]2c3ccccc3C=CN12. The van der Waals surface area contributed by atoms with Crippen molar-refractivity contribution in [3.8, 4) is 0 Å². The van der Waals surface area contributed by atoms with Crippen molar-refractivity contribution in [3.05, 3.63) is 71.4 Å². The molecule has 2 amide bonds. The molecule has 3 aliphatic heterocycles. The number of Topliss-reactive ketones (excluding diaryl/α,β-unsaturated/α-hetero) is 1. The number of amides is 2. The summed E-state index contributed by atoms with van der Waals surface area (Å²) < 4.78 is 39.6. The highest BCUT2D eigenvalue weighted by atomic mass is 19.4. The fourth-order valence-electron chi connectivity index (χ4n) is 5.10. The molecule has 0 saturated carbocycles. The zero-order valence-corrected chi connectivity index (χ0v) is 16.3. The lowest BCUT2D eigenvalue weighted by Gasteiger charge is -2.35. The minimum atomic E-state index is -4.61. The minimum absolute atomic E-state index is 0.132. The molecule has 158 valence electrons. The van der Waals surface area contributed by atoms with E-state index in [2.05, 4.69) is 0 Å². The second-order valence-electron chi connectivity index (χ2n) is 8.00. The first-order chi connectivity index (χ1) is 14.7. The lowest BCUT2D eigenvalue weighted by atomic mass is 9.84. The van der Waals surface area contributed by atoms with E-state index in [-0.39, 0.29) is 11.5 Å². The molecule has 31 heavy (non-hydrogen) atoms. The number of imide groups is 1. The maximum atomic E-state index is 13.5. The summed E-state index contributed by atoms with van der Waals surface area (Å²) in [5.74, 6) is -3.32. The number of carbonyl (C=O) groups excluding carboxylic acids is 3. The molecule has 4 atom stereocenters. The molecule has 2 saturated heterocycles. The zero-order valence-electron chi connectivity index (χ0n) is 16.3. The van der Waals surface area contributed by atoms with E-state index in [0.717, 1.165) is 28.2 Å². The Hall–Kier alpha value is -3.42. The van der Waals surface area contributed by atoms with Gasteiger partial charge < -0.3 is 4.90 Å². The summed E-state index contributed by atoms with van der Waals surface area (Å²) in [5.41, 5.74) is 0.617.